The topological polar surface area (TPSA) is 77.2 Å². The predicted molar refractivity (Wildman–Crippen MR) is 61.8 cm³/mol. The molecule has 1 heterocycles. The summed E-state index contributed by atoms with van der Waals surface area (Å²) in [6.07, 6.45) is 5.55. The largest absolute Gasteiger partial charge is 0.478 e. The number of anilines is 1. The van der Waals surface area contributed by atoms with Gasteiger partial charge in [-0.3, -0.25) is 4.98 Å². The SMILES string of the molecule is N#CCCN(c1cnccc1C(=O)O)C1CC1. The van der Waals surface area contributed by atoms with Crippen molar-refractivity contribution in [2.24, 2.45) is 0 Å². The van der Waals surface area contributed by atoms with Crippen LogP contribution in [-0.4, -0.2) is 28.6 Å². The van der Waals surface area contributed by atoms with Gasteiger partial charge in [-0.1, -0.05) is 0 Å². The van der Waals surface area contributed by atoms with Crippen molar-refractivity contribution in [2.75, 3.05) is 11.4 Å². The molecule has 17 heavy (non-hydrogen) atoms. The lowest BCUT2D eigenvalue weighted by Gasteiger charge is -2.24. The average molecular weight is 231 g/mol. The van der Waals surface area contributed by atoms with Gasteiger partial charge in [0.1, 0.15) is 0 Å². The van der Waals surface area contributed by atoms with E-state index in [0.29, 0.717) is 24.7 Å². The number of nitriles is 1. The first-order valence-electron chi connectivity index (χ1n) is 5.55. The summed E-state index contributed by atoms with van der Waals surface area (Å²) in [6, 6.07) is 3.96. The maximum absolute atomic E-state index is 11.1. The van der Waals surface area contributed by atoms with Crippen molar-refractivity contribution in [1.29, 1.82) is 5.26 Å². The standard InChI is InChI=1S/C12H13N3O2/c13-5-1-7-15(9-2-3-9)11-8-14-6-4-10(11)12(16)17/h4,6,8-9H,1-3,7H2,(H,16,17). The van der Waals surface area contributed by atoms with E-state index in [1.54, 1.807) is 6.20 Å². The fraction of sp³-hybridized carbons (Fsp3) is 0.417. The lowest BCUT2D eigenvalue weighted by atomic mass is 10.2. The molecule has 1 saturated carbocycles. The summed E-state index contributed by atoms with van der Waals surface area (Å²) >= 11 is 0. The summed E-state index contributed by atoms with van der Waals surface area (Å²) in [4.78, 5) is 17.1. The van der Waals surface area contributed by atoms with Crippen molar-refractivity contribution in [1.82, 2.24) is 4.98 Å². The summed E-state index contributed by atoms with van der Waals surface area (Å²) in [7, 11) is 0. The minimum absolute atomic E-state index is 0.254. The highest BCUT2D eigenvalue weighted by molar-refractivity contribution is 5.94. The molecule has 0 atom stereocenters. The van der Waals surface area contributed by atoms with Gasteiger partial charge >= 0.3 is 5.97 Å². The molecule has 1 N–H and O–H groups in total. The maximum Gasteiger partial charge on any atom is 0.337 e. The lowest BCUT2D eigenvalue weighted by molar-refractivity contribution is 0.0697. The molecule has 0 aromatic carbocycles. The number of carbonyl (C=O) groups is 1. The van der Waals surface area contributed by atoms with Crippen LogP contribution in [0, 0.1) is 11.3 Å². The summed E-state index contributed by atoms with van der Waals surface area (Å²) in [5.74, 6) is -0.954. The Labute approximate surface area is 99.3 Å². The van der Waals surface area contributed by atoms with E-state index in [1.807, 2.05) is 4.90 Å². The van der Waals surface area contributed by atoms with Crippen molar-refractivity contribution in [3.8, 4) is 6.07 Å². The van der Waals surface area contributed by atoms with Crippen LogP contribution in [0.3, 0.4) is 0 Å². The molecule has 1 aliphatic rings. The second kappa shape index (κ2) is 4.83. The fourth-order valence-corrected chi connectivity index (χ4v) is 1.85. The van der Waals surface area contributed by atoms with E-state index >= 15 is 0 Å². The number of hydrogen-bond acceptors (Lipinski definition) is 4. The Balaban J connectivity index is 2.29. The van der Waals surface area contributed by atoms with Crippen molar-refractivity contribution in [3.63, 3.8) is 0 Å². The zero-order valence-electron chi connectivity index (χ0n) is 9.33. The smallest absolute Gasteiger partial charge is 0.337 e. The van der Waals surface area contributed by atoms with E-state index in [1.165, 1.54) is 12.3 Å². The molecular formula is C12H13N3O2. The number of hydrogen-bond donors (Lipinski definition) is 1. The van der Waals surface area contributed by atoms with Gasteiger partial charge in [-0.15, -0.1) is 0 Å². The molecule has 0 spiro atoms. The number of carboxylic acids is 1. The number of rotatable bonds is 5. The first-order valence-corrected chi connectivity index (χ1v) is 5.55. The molecule has 88 valence electrons. The summed E-state index contributed by atoms with van der Waals surface area (Å²) < 4.78 is 0. The summed E-state index contributed by atoms with van der Waals surface area (Å²) in [5.41, 5.74) is 0.877. The monoisotopic (exact) mass is 231 g/mol. The molecule has 1 aromatic rings. The Kier molecular flexibility index (Phi) is 3.24. The second-order valence-electron chi connectivity index (χ2n) is 4.03. The normalized spacial score (nSPS) is 14.1. The average Bonchev–Trinajstić information content (AvgIpc) is 3.14. The predicted octanol–water partition coefficient (Wildman–Crippen LogP) is 1.66. The maximum atomic E-state index is 11.1. The van der Waals surface area contributed by atoms with Crippen molar-refractivity contribution in [2.45, 2.75) is 25.3 Å². The number of aromatic carboxylic acids is 1. The van der Waals surface area contributed by atoms with Crippen molar-refractivity contribution < 1.29 is 9.90 Å². The van der Waals surface area contributed by atoms with Gasteiger partial charge in [0.15, 0.2) is 0 Å². The van der Waals surface area contributed by atoms with Crippen molar-refractivity contribution >= 4 is 11.7 Å². The lowest BCUT2D eigenvalue weighted by Crippen LogP contribution is -2.28. The van der Waals surface area contributed by atoms with Gasteiger partial charge in [-0.05, 0) is 18.9 Å². The van der Waals surface area contributed by atoms with Gasteiger partial charge in [-0.2, -0.15) is 5.26 Å². The molecule has 0 aliphatic heterocycles. The van der Waals surface area contributed by atoms with Crippen LogP contribution < -0.4 is 4.90 Å². The molecule has 0 unspecified atom stereocenters. The quantitative estimate of drug-likeness (QED) is 0.833. The van der Waals surface area contributed by atoms with E-state index in [-0.39, 0.29) is 5.56 Å². The molecule has 1 fully saturated rings. The Morgan fingerprint density at radius 3 is 3.00 bits per heavy atom. The van der Waals surface area contributed by atoms with Crippen LogP contribution in [0.25, 0.3) is 0 Å². The Bertz CT molecular complexity index is 463. The molecular weight excluding hydrogens is 218 g/mol. The molecule has 2 rings (SSSR count). The van der Waals surface area contributed by atoms with Gasteiger partial charge < -0.3 is 10.0 Å². The minimum Gasteiger partial charge on any atom is -0.478 e. The van der Waals surface area contributed by atoms with Crippen LogP contribution in [0.1, 0.15) is 29.6 Å². The van der Waals surface area contributed by atoms with Crippen LogP contribution >= 0.6 is 0 Å². The third-order valence-electron chi connectivity index (χ3n) is 2.79. The van der Waals surface area contributed by atoms with Crippen LogP contribution in [0.2, 0.25) is 0 Å². The van der Waals surface area contributed by atoms with Gasteiger partial charge in [0.25, 0.3) is 0 Å². The van der Waals surface area contributed by atoms with Crippen molar-refractivity contribution in [3.05, 3.63) is 24.0 Å². The zero-order valence-corrected chi connectivity index (χ0v) is 9.33. The third kappa shape index (κ3) is 2.53. The van der Waals surface area contributed by atoms with E-state index in [2.05, 4.69) is 11.1 Å². The van der Waals surface area contributed by atoms with Gasteiger partial charge in [0.05, 0.1) is 29.9 Å². The van der Waals surface area contributed by atoms with Crippen LogP contribution in [0.15, 0.2) is 18.5 Å². The van der Waals surface area contributed by atoms with E-state index in [4.69, 9.17) is 10.4 Å². The molecule has 0 saturated heterocycles. The minimum atomic E-state index is -0.954. The Hall–Kier alpha value is -2.09. The van der Waals surface area contributed by atoms with E-state index in [9.17, 15) is 4.79 Å². The van der Waals surface area contributed by atoms with Crippen LogP contribution in [0.5, 0.6) is 0 Å². The number of aromatic nitrogens is 1. The molecule has 0 bridgehead atoms. The summed E-state index contributed by atoms with van der Waals surface area (Å²) in [5, 5.41) is 17.8. The molecule has 0 radical (unpaired) electrons. The Morgan fingerprint density at radius 1 is 1.65 bits per heavy atom. The molecule has 5 heteroatoms. The zero-order chi connectivity index (χ0) is 12.3. The number of carboxylic acid groups (broad SMARTS) is 1. The molecule has 0 amide bonds. The van der Waals surface area contributed by atoms with Crippen LogP contribution in [-0.2, 0) is 0 Å². The fourth-order valence-electron chi connectivity index (χ4n) is 1.85. The second-order valence-corrected chi connectivity index (χ2v) is 4.03. The molecule has 5 nitrogen and oxygen atoms in total. The number of pyridine rings is 1. The first-order chi connectivity index (χ1) is 8.24. The van der Waals surface area contributed by atoms with E-state index in [0.717, 1.165) is 12.8 Å². The highest BCUT2D eigenvalue weighted by atomic mass is 16.4. The summed E-state index contributed by atoms with van der Waals surface area (Å²) in [6.45, 7) is 0.563. The van der Waals surface area contributed by atoms with Gasteiger partial charge in [-0.25, -0.2) is 4.79 Å². The van der Waals surface area contributed by atoms with Crippen LogP contribution in [0.4, 0.5) is 5.69 Å². The van der Waals surface area contributed by atoms with Gasteiger partial charge in [0, 0.05) is 18.8 Å². The highest BCUT2D eigenvalue weighted by Crippen LogP contribution is 2.33. The molecule has 1 aliphatic carbocycles. The Morgan fingerprint density at radius 2 is 2.41 bits per heavy atom. The van der Waals surface area contributed by atoms with Gasteiger partial charge in [0.2, 0.25) is 0 Å². The number of nitrogens with zero attached hydrogens (tertiary/aromatic N) is 3. The first kappa shape index (κ1) is 11.4. The molecule has 1 aromatic heterocycles. The van der Waals surface area contributed by atoms with E-state index < -0.39 is 5.97 Å². The third-order valence-corrected chi connectivity index (χ3v) is 2.79. The highest BCUT2D eigenvalue weighted by Gasteiger charge is 2.31.